The summed E-state index contributed by atoms with van der Waals surface area (Å²) in [6.45, 7) is 9.53. The van der Waals surface area contributed by atoms with Crippen molar-refractivity contribution in [2.24, 2.45) is 17.1 Å². The molecule has 0 aliphatic carbocycles. The van der Waals surface area contributed by atoms with Crippen LogP contribution in [0.3, 0.4) is 0 Å². The van der Waals surface area contributed by atoms with Crippen molar-refractivity contribution in [3.05, 3.63) is 11.3 Å². The Morgan fingerprint density at radius 3 is 2.60 bits per heavy atom. The zero-order valence-electron chi connectivity index (χ0n) is 12.6. The van der Waals surface area contributed by atoms with Crippen molar-refractivity contribution >= 4 is 10.0 Å². The Bertz CT molecular complexity index is 586. The molecule has 1 aliphatic heterocycles. The molecular weight excluding hydrogens is 276 g/mol. The fraction of sp³-hybridized carbons (Fsp3) is 0.769. The van der Waals surface area contributed by atoms with Crippen LogP contribution in [-0.4, -0.2) is 36.0 Å². The second-order valence-corrected chi connectivity index (χ2v) is 8.40. The number of H-pyrrole nitrogens is 1. The first-order valence-corrected chi connectivity index (χ1v) is 8.36. The summed E-state index contributed by atoms with van der Waals surface area (Å²) in [4.78, 5) is 0. The van der Waals surface area contributed by atoms with Gasteiger partial charge in [-0.3, -0.25) is 5.10 Å². The fourth-order valence-corrected chi connectivity index (χ4v) is 4.33. The maximum Gasteiger partial charge on any atom is 0.262 e. The average Bonchev–Trinajstić information content (AvgIpc) is 2.94. The number of rotatable bonds is 3. The van der Waals surface area contributed by atoms with Crippen molar-refractivity contribution in [1.82, 2.24) is 14.5 Å². The van der Waals surface area contributed by atoms with E-state index in [1.807, 2.05) is 0 Å². The van der Waals surface area contributed by atoms with E-state index < -0.39 is 10.0 Å². The molecule has 1 atom stereocenters. The van der Waals surface area contributed by atoms with Crippen LogP contribution in [0.4, 0.5) is 0 Å². The SMILES string of the molecule is Cc1[nH]nc(S(=O)(=O)N2CCC(C(C)(C)C)C2)c1CN. The van der Waals surface area contributed by atoms with E-state index in [-0.39, 0.29) is 17.0 Å². The maximum atomic E-state index is 12.7. The number of nitrogens with one attached hydrogen (secondary N) is 1. The van der Waals surface area contributed by atoms with E-state index in [1.165, 1.54) is 4.31 Å². The summed E-state index contributed by atoms with van der Waals surface area (Å²) in [5.41, 5.74) is 7.07. The van der Waals surface area contributed by atoms with Crippen LogP contribution in [0.2, 0.25) is 0 Å². The van der Waals surface area contributed by atoms with Crippen LogP contribution in [0.5, 0.6) is 0 Å². The van der Waals surface area contributed by atoms with E-state index in [4.69, 9.17) is 5.73 Å². The molecule has 0 aromatic carbocycles. The summed E-state index contributed by atoms with van der Waals surface area (Å²) in [5.74, 6) is 0.374. The highest BCUT2D eigenvalue weighted by Gasteiger charge is 2.39. The van der Waals surface area contributed by atoms with Crippen LogP contribution < -0.4 is 5.73 Å². The van der Waals surface area contributed by atoms with Crippen molar-refractivity contribution in [2.45, 2.75) is 45.7 Å². The molecule has 0 saturated carbocycles. The van der Waals surface area contributed by atoms with Gasteiger partial charge in [-0.1, -0.05) is 20.8 Å². The minimum atomic E-state index is -3.54. The van der Waals surface area contributed by atoms with Gasteiger partial charge in [-0.15, -0.1) is 0 Å². The highest BCUT2D eigenvalue weighted by Crippen LogP contribution is 2.36. The van der Waals surface area contributed by atoms with Crippen LogP contribution in [0, 0.1) is 18.3 Å². The van der Waals surface area contributed by atoms with Gasteiger partial charge in [0.1, 0.15) is 0 Å². The summed E-state index contributed by atoms with van der Waals surface area (Å²) < 4.78 is 26.9. The van der Waals surface area contributed by atoms with Crippen molar-refractivity contribution in [3.63, 3.8) is 0 Å². The molecule has 1 unspecified atom stereocenters. The summed E-state index contributed by atoms with van der Waals surface area (Å²) >= 11 is 0. The van der Waals surface area contributed by atoms with E-state index in [9.17, 15) is 8.42 Å². The minimum Gasteiger partial charge on any atom is -0.326 e. The molecule has 2 rings (SSSR count). The van der Waals surface area contributed by atoms with Crippen LogP contribution >= 0.6 is 0 Å². The van der Waals surface area contributed by atoms with Gasteiger partial charge in [0.15, 0.2) is 5.03 Å². The van der Waals surface area contributed by atoms with Crippen LogP contribution in [0.25, 0.3) is 0 Å². The molecule has 0 radical (unpaired) electrons. The van der Waals surface area contributed by atoms with Gasteiger partial charge in [0.25, 0.3) is 10.0 Å². The lowest BCUT2D eigenvalue weighted by atomic mass is 9.80. The number of aryl methyl sites for hydroxylation is 1. The standard InChI is InChI=1S/C13H24N4O2S/c1-9-11(7-14)12(16-15-9)20(18,19)17-6-5-10(8-17)13(2,3)4/h10H,5-8,14H2,1-4H3,(H,15,16). The molecule has 1 aliphatic rings. The number of hydrogen-bond donors (Lipinski definition) is 2. The molecule has 7 heteroatoms. The normalized spacial score (nSPS) is 21.6. The molecule has 1 aromatic heterocycles. The molecular formula is C13H24N4O2S. The van der Waals surface area contributed by atoms with E-state index in [2.05, 4.69) is 31.0 Å². The van der Waals surface area contributed by atoms with E-state index in [1.54, 1.807) is 6.92 Å². The molecule has 0 amide bonds. The van der Waals surface area contributed by atoms with Gasteiger partial charge >= 0.3 is 0 Å². The number of nitrogens with zero attached hydrogens (tertiary/aromatic N) is 2. The van der Waals surface area contributed by atoms with Crippen LogP contribution in [0.15, 0.2) is 5.03 Å². The highest BCUT2D eigenvalue weighted by atomic mass is 32.2. The molecule has 20 heavy (non-hydrogen) atoms. The van der Waals surface area contributed by atoms with Gasteiger partial charge in [-0.2, -0.15) is 9.40 Å². The summed E-state index contributed by atoms with van der Waals surface area (Å²) in [6.07, 6.45) is 0.893. The molecule has 0 bridgehead atoms. The Balaban J connectivity index is 2.29. The molecule has 1 saturated heterocycles. The van der Waals surface area contributed by atoms with Gasteiger partial charge in [0, 0.05) is 30.9 Å². The maximum absolute atomic E-state index is 12.7. The average molecular weight is 300 g/mol. The number of nitrogens with two attached hydrogens (primary N) is 1. The summed E-state index contributed by atoms with van der Waals surface area (Å²) in [6, 6.07) is 0. The third-order valence-corrected chi connectivity index (χ3v) is 6.04. The molecule has 1 fully saturated rings. The first-order valence-electron chi connectivity index (χ1n) is 6.92. The van der Waals surface area contributed by atoms with Gasteiger partial charge in [-0.05, 0) is 24.7 Å². The molecule has 0 spiro atoms. The quantitative estimate of drug-likeness (QED) is 0.878. The second kappa shape index (κ2) is 5.13. The zero-order valence-corrected chi connectivity index (χ0v) is 13.4. The Kier molecular flexibility index (Phi) is 3.96. The van der Waals surface area contributed by atoms with Crippen molar-refractivity contribution in [2.75, 3.05) is 13.1 Å². The second-order valence-electron chi connectivity index (χ2n) is 6.55. The van der Waals surface area contributed by atoms with Gasteiger partial charge in [0.2, 0.25) is 0 Å². The molecule has 2 heterocycles. The first kappa shape index (κ1) is 15.5. The highest BCUT2D eigenvalue weighted by molar-refractivity contribution is 7.89. The van der Waals surface area contributed by atoms with Gasteiger partial charge < -0.3 is 5.73 Å². The molecule has 114 valence electrons. The lowest BCUT2D eigenvalue weighted by Gasteiger charge is -2.26. The molecule has 3 N–H and O–H groups in total. The third kappa shape index (κ3) is 2.62. The summed E-state index contributed by atoms with van der Waals surface area (Å²) in [5, 5.41) is 6.77. The summed E-state index contributed by atoms with van der Waals surface area (Å²) in [7, 11) is -3.54. The zero-order chi connectivity index (χ0) is 15.1. The molecule has 6 nitrogen and oxygen atoms in total. The first-order chi connectivity index (χ1) is 9.17. The van der Waals surface area contributed by atoms with Crippen LogP contribution in [-0.2, 0) is 16.6 Å². The lowest BCUT2D eigenvalue weighted by molar-refractivity contribution is 0.251. The molecule has 1 aromatic rings. The minimum absolute atomic E-state index is 0.0899. The number of aromatic amines is 1. The topological polar surface area (TPSA) is 92.1 Å². The smallest absolute Gasteiger partial charge is 0.262 e. The third-order valence-electron chi connectivity index (χ3n) is 4.20. The van der Waals surface area contributed by atoms with Crippen molar-refractivity contribution in [1.29, 1.82) is 0 Å². The Hall–Kier alpha value is -0.920. The Morgan fingerprint density at radius 2 is 2.10 bits per heavy atom. The fourth-order valence-electron chi connectivity index (χ4n) is 2.66. The van der Waals surface area contributed by atoms with Crippen molar-refractivity contribution in [3.8, 4) is 0 Å². The van der Waals surface area contributed by atoms with E-state index in [0.29, 0.717) is 24.6 Å². The van der Waals surface area contributed by atoms with Crippen molar-refractivity contribution < 1.29 is 8.42 Å². The van der Waals surface area contributed by atoms with Crippen LogP contribution in [0.1, 0.15) is 38.4 Å². The van der Waals surface area contributed by atoms with Gasteiger partial charge in [-0.25, -0.2) is 8.42 Å². The number of sulfonamides is 1. The van der Waals surface area contributed by atoms with Gasteiger partial charge in [0.05, 0.1) is 0 Å². The predicted molar refractivity (Wildman–Crippen MR) is 77.5 cm³/mol. The predicted octanol–water partition coefficient (Wildman–Crippen LogP) is 1.23. The number of hydrogen-bond acceptors (Lipinski definition) is 4. The van der Waals surface area contributed by atoms with E-state index in [0.717, 1.165) is 12.1 Å². The lowest BCUT2D eigenvalue weighted by Crippen LogP contribution is -2.32. The largest absolute Gasteiger partial charge is 0.326 e. The number of aromatic nitrogens is 2. The Labute approximate surface area is 120 Å². The monoisotopic (exact) mass is 300 g/mol. The van der Waals surface area contributed by atoms with E-state index >= 15 is 0 Å². The Morgan fingerprint density at radius 1 is 1.45 bits per heavy atom.